The molecule has 1 heterocycles. The van der Waals surface area contributed by atoms with E-state index in [1.807, 2.05) is 36.4 Å². The van der Waals surface area contributed by atoms with Gasteiger partial charge in [-0.15, -0.1) is 0 Å². The molecule has 3 rings (SSSR count). The number of nitrogens with one attached hydrogen (secondary N) is 1. The number of aromatic nitrogens is 1. The molecule has 1 aromatic heterocycles. The SMILES string of the molecule is CCCc1ccc(C(=O)CC(C(=O)O)c2c[nH]c3ccccc23)cc1. The quantitative estimate of drug-likeness (QED) is 0.622. The van der Waals surface area contributed by atoms with E-state index in [-0.39, 0.29) is 12.2 Å². The van der Waals surface area contributed by atoms with Gasteiger partial charge in [0.1, 0.15) is 0 Å². The number of carboxylic acid groups (broad SMARTS) is 1. The summed E-state index contributed by atoms with van der Waals surface area (Å²) in [7, 11) is 0. The molecule has 0 saturated carbocycles. The molecule has 0 aliphatic heterocycles. The molecule has 128 valence electrons. The summed E-state index contributed by atoms with van der Waals surface area (Å²) in [6, 6.07) is 15.0. The first-order valence-electron chi connectivity index (χ1n) is 8.51. The predicted molar refractivity (Wildman–Crippen MR) is 98.1 cm³/mol. The van der Waals surface area contributed by atoms with Crippen LogP contribution in [0.3, 0.4) is 0 Å². The number of ketones is 1. The second kappa shape index (κ2) is 7.34. The average Bonchev–Trinajstić information content (AvgIpc) is 3.04. The summed E-state index contributed by atoms with van der Waals surface area (Å²) in [5.41, 5.74) is 3.27. The van der Waals surface area contributed by atoms with Crippen molar-refractivity contribution in [1.29, 1.82) is 0 Å². The average molecular weight is 335 g/mol. The van der Waals surface area contributed by atoms with Crippen molar-refractivity contribution in [3.8, 4) is 0 Å². The highest BCUT2D eigenvalue weighted by Crippen LogP contribution is 2.29. The highest BCUT2D eigenvalue weighted by Gasteiger charge is 2.26. The van der Waals surface area contributed by atoms with Crippen molar-refractivity contribution in [3.05, 3.63) is 71.4 Å². The summed E-state index contributed by atoms with van der Waals surface area (Å²) in [5, 5.41) is 10.5. The molecule has 4 heteroatoms. The molecule has 0 aliphatic rings. The zero-order valence-corrected chi connectivity index (χ0v) is 14.2. The third kappa shape index (κ3) is 3.63. The molecule has 1 atom stereocenters. The van der Waals surface area contributed by atoms with Gasteiger partial charge < -0.3 is 10.1 Å². The van der Waals surface area contributed by atoms with Gasteiger partial charge in [-0.25, -0.2) is 0 Å². The number of aliphatic carboxylic acids is 1. The van der Waals surface area contributed by atoms with E-state index in [1.54, 1.807) is 18.3 Å². The van der Waals surface area contributed by atoms with Crippen LogP contribution in [-0.2, 0) is 11.2 Å². The van der Waals surface area contributed by atoms with Crippen LogP contribution in [-0.4, -0.2) is 21.8 Å². The molecule has 0 saturated heterocycles. The van der Waals surface area contributed by atoms with Gasteiger partial charge in [-0.3, -0.25) is 9.59 Å². The Bertz CT molecular complexity index is 893. The van der Waals surface area contributed by atoms with Crippen molar-refractivity contribution in [2.75, 3.05) is 0 Å². The fourth-order valence-corrected chi connectivity index (χ4v) is 3.16. The number of hydrogen-bond donors (Lipinski definition) is 2. The van der Waals surface area contributed by atoms with Crippen molar-refractivity contribution in [1.82, 2.24) is 4.98 Å². The first kappa shape index (κ1) is 17.0. The van der Waals surface area contributed by atoms with Gasteiger partial charge in [0.15, 0.2) is 5.78 Å². The number of carbonyl (C=O) groups is 2. The molecule has 0 bridgehead atoms. The molecule has 0 amide bonds. The van der Waals surface area contributed by atoms with Crippen molar-refractivity contribution < 1.29 is 14.7 Å². The lowest BCUT2D eigenvalue weighted by molar-refractivity contribution is -0.138. The van der Waals surface area contributed by atoms with Crippen molar-refractivity contribution in [2.24, 2.45) is 0 Å². The summed E-state index contributed by atoms with van der Waals surface area (Å²) < 4.78 is 0. The Morgan fingerprint density at radius 3 is 2.48 bits per heavy atom. The molecule has 2 N–H and O–H groups in total. The molecular weight excluding hydrogens is 314 g/mol. The zero-order chi connectivity index (χ0) is 17.8. The second-order valence-electron chi connectivity index (χ2n) is 6.25. The minimum absolute atomic E-state index is 0.0513. The topological polar surface area (TPSA) is 70.2 Å². The Morgan fingerprint density at radius 2 is 1.80 bits per heavy atom. The van der Waals surface area contributed by atoms with Gasteiger partial charge in [0.25, 0.3) is 0 Å². The Morgan fingerprint density at radius 1 is 1.08 bits per heavy atom. The normalized spacial score (nSPS) is 12.2. The number of benzene rings is 2. The monoisotopic (exact) mass is 335 g/mol. The minimum Gasteiger partial charge on any atom is -0.481 e. The maximum atomic E-state index is 12.6. The van der Waals surface area contributed by atoms with Crippen molar-refractivity contribution in [2.45, 2.75) is 32.1 Å². The van der Waals surface area contributed by atoms with Crippen LogP contribution in [0.15, 0.2) is 54.7 Å². The van der Waals surface area contributed by atoms with E-state index in [0.717, 1.165) is 23.7 Å². The fourth-order valence-electron chi connectivity index (χ4n) is 3.16. The molecule has 2 aromatic carbocycles. The molecule has 4 nitrogen and oxygen atoms in total. The summed E-state index contributed by atoms with van der Waals surface area (Å²) in [6.07, 6.45) is 3.67. The number of para-hydroxylation sites is 1. The molecule has 0 spiro atoms. The number of rotatable bonds is 7. The van der Waals surface area contributed by atoms with E-state index in [0.29, 0.717) is 11.1 Å². The second-order valence-corrected chi connectivity index (χ2v) is 6.25. The molecule has 25 heavy (non-hydrogen) atoms. The lowest BCUT2D eigenvalue weighted by Crippen LogP contribution is -2.16. The molecule has 3 aromatic rings. The van der Waals surface area contributed by atoms with Crippen LogP contribution in [0.2, 0.25) is 0 Å². The molecular formula is C21H21NO3. The van der Waals surface area contributed by atoms with Gasteiger partial charge in [0.05, 0.1) is 5.92 Å². The standard InChI is InChI=1S/C21H21NO3/c1-2-5-14-8-10-15(11-9-14)20(23)12-17(21(24)25)18-13-22-19-7-4-3-6-16(18)19/h3-4,6-11,13,17,22H,2,5,12H2,1H3,(H,24,25). The van der Waals surface area contributed by atoms with E-state index < -0.39 is 11.9 Å². The van der Waals surface area contributed by atoms with Crippen molar-refractivity contribution in [3.63, 3.8) is 0 Å². The van der Waals surface area contributed by atoms with Gasteiger partial charge in [0.2, 0.25) is 0 Å². The van der Waals surface area contributed by atoms with Gasteiger partial charge in [0, 0.05) is 29.1 Å². The highest BCUT2D eigenvalue weighted by molar-refractivity contribution is 6.00. The first-order valence-corrected chi connectivity index (χ1v) is 8.51. The van der Waals surface area contributed by atoms with Crippen molar-refractivity contribution >= 4 is 22.7 Å². The maximum Gasteiger partial charge on any atom is 0.311 e. The zero-order valence-electron chi connectivity index (χ0n) is 14.2. The van der Waals surface area contributed by atoms with Crippen LogP contribution in [0.1, 0.15) is 47.2 Å². The van der Waals surface area contributed by atoms with Crippen LogP contribution in [0.5, 0.6) is 0 Å². The number of fused-ring (bicyclic) bond motifs is 1. The Kier molecular flexibility index (Phi) is 4.98. The van der Waals surface area contributed by atoms with E-state index in [4.69, 9.17) is 0 Å². The fraction of sp³-hybridized carbons (Fsp3) is 0.238. The van der Waals surface area contributed by atoms with E-state index >= 15 is 0 Å². The van der Waals surface area contributed by atoms with E-state index in [1.165, 1.54) is 5.56 Å². The summed E-state index contributed by atoms with van der Waals surface area (Å²) >= 11 is 0. The van der Waals surface area contributed by atoms with Crippen LogP contribution in [0, 0.1) is 0 Å². The maximum absolute atomic E-state index is 12.6. The van der Waals surface area contributed by atoms with Crippen LogP contribution >= 0.6 is 0 Å². The summed E-state index contributed by atoms with van der Waals surface area (Å²) in [5.74, 6) is -2.00. The van der Waals surface area contributed by atoms with E-state index in [2.05, 4.69) is 11.9 Å². The number of H-pyrrole nitrogens is 1. The molecule has 0 fully saturated rings. The lowest BCUT2D eigenvalue weighted by atomic mass is 9.91. The summed E-state index contributed by atoms with van der Waals surface area (Å²) in [6.45, 7) is 2.11. The summed E-state index contributed by atoms with van der Waals surface area (Å²) in [4.78, 5) is 27.5. The molecule has 1 unspecified atom stereocenters. The van der Waals surface area contributed by atoms with Crippen LogP contribution < -0.4 is 0 Å². The third-order valence-electron chi connectivity index (χ3n) is 4.50. The number of aryl methyl sites for hydroxylation is 1. The Hall–Kier alpha value is -2.88. The smallest absolute Gasteiger partial charge is 0.311 e. The van der Waals surface area contributed by atoms with E-state index in [9.17, 15) is 14.7 Å². The van der Waals surface area contributed by atoms with Gasteiger partial charge >= 0.3 is 5.97 Å². The van der Waals surface area contributed by atoms with Gasteiger partial charge in [-0.2, -0.15) is 0 Å². The largest absolute Gasteiger partial charge is 0.481 e. The van der Waals surface area contributed by atoms with Gasteiger partial charge in [-0.05, 0) is 23.6 Å². The Balaban J connectivity index is 1.84. The molecule has 0 aliphatic carbocycles. The van der Waals surface area contributed by atoms with Crippen LogP contribution in [0.4, 0.5) is 0 Å². The Labute approximate surface area is 146 Å². The predicted octanol–water partition coefficient (Wildman–Crippen LogP) is 4.56. The third-order valence-corrected chi connectivity index (χ3v) is 4.50. The molecule has 0 radical (unpaired) electrons. The minimum atomic E-state index is -0.985. The number of carboxylic acids is 1. The number of aromatic amines is 1. The number of carbonyl (C=O) groups excluding carboxylic acids is 1. The first-order chi connectivity index (χ1) is 12.1. The van der Waals surface area contributed by atoms with Crippen LogP contribution in [0.25, 0.3) is 10.9 Å². The number of hydrogen-bond acceptors (Lipinski definition) is 2. The van der Waals surface area contributed by atoms with Gasteiger partial charge in [-0.1, -0.05) is 55.8 Å². The number of Topliss-reactive ketones (excluding diaryl/α,β-unsaturated/α-hetero) is 1. The highest BCUT2D eigenvalue weighted by atomic mass is 16.4. The lowest BCUT2D eigenvalue weighted by Gasteiger charge is -2.11.